The summed E-state index contributed by atoms with van der Waals surface area (Å²) in [6.07, 6.45) is 1.86. The van der Waals surface area contributed by atoms with Crippen LogP contribution in [0.5, 0.6) is 0 Å². The van der Waals surface area contributed by atoms with Crippen LogP contribution in [0.15, 0.2) is 23.3 Å². The number of benzene rings is 1. The Hall–Kier alpha value is -1.71. The van der Waals surface area contributed by atoms with Gasteiger partial charge in [0.05, 0.1) is 12.1 Å². The molecule has 0 spiro atoms. The van der Waals surface area contributed by atoms with Gasteiger partial charge in [0.15, 0.2) is 0 Å². The minimum Gasteiger partial charge on any atom is -0.272 e. The number of rotatable bonds is 1. The largest absolute Gasteiger partial charge is 0.272 e. The molecule has 1 amide bonds. The summed E-state index contributed by atoms with van der Waals surface area (Å²) >= 11 is 0. The zero-order valence-electron chi connectivity index (χ0n) is 7.70. The number of anilines is 1. The lowest BCUT2D eigenvalue weighted by Crippen LogP contribution is -2.20. The molecule has 0 unspecified atom stereocenters. The van der Waals surface area contributed by atoms with Crippen molar-refractivity contribution in [3.05, 3.63) is 29.6 Å². The van der Waals surface area contributed by atoms with E-state index in [0.717, 1.165) is 0 Å². The Labute approximate surface area is 80.8 Å². The van der Waals surface area contributed by atoms with Gasteiger partial charge < -0.3 is 0 Å². The average molecular weight is 192 g/mol. The van der Waals surface area contributed by atoms with Gasteiger partial charge in [0.1, 0.15) is 5.82 Å². The maximum Gasteiger partial charge on any atom is 0.252 e. The van der Waals surface area contributed by atoms with Gasteiger partial charge in [0, 0.05) is 6.21 Å². The van der Waals surface area contributed by atoms with Crippen LogP contribution in [-0.4, -0.2) is 12.1 Å². The van der Waals surface area contributed by atoms with E-state index in [1.54, 1.807) is 19.2 Å². The third-order valence-electron chi connectivity index (χ3n) is 2.09. The molecule has 0 aliphatic carbocycles. The molecule has 3 nitrogen and oxygen atoms in total. The Kier molecular flexibility index (Phi) is 2.04. The van der Waals surface area contributed by atoms with Gasteiger partial charge in [0.2, 0.25) is 0 Å². The highest BCUT2D eigenvalue weighted by Gasteiger charge is 2.19. The van der Waals surface area contributed by atoms with Gasteiger partial charge in [-0.2, -0.15) is 5.10 Å². The number of aryl methyl sites for hydroxylation is 1. The van der Waals surface area contributed by atoms with E-state index in [-0.39, 0.29) is 11.7 Å². The summed E-state index contributed by atoms with van der Waals surface area (Å²) in [6, 6.07) is 4.27. The van der Waals surface area contributed by atoms with Crippen LogP contribution in [0.4, 0.5) is 10.1 Å². The molecule has 0 atom stereocenters. The van der Waals surface area contributed by atoms with E-state index in [2.05, 4.69) is 5.10 Å². The lowest BCUT2D eigenvalue weighted by atomic mass is 10.2. The van der Waals surface area contributed by atoms with E-state index in [9.17, 15) is 9.18 Å². The van der Waals surface area contributed by atoms with E-state index >= 15 is 0 Å². The van der Waals surface area contributed by atoms with Crippen LogP contribution in [0, 0.1) is 12.7 Å². The summed E-state index contributed by atoms with van der Waals surface area (Å²) in [6.45, 7) is 1.75. The molecule has 1 aliphatic rings. The maximum absolute atomic E-state index is 12.8. The molecule has 14 heavy (non-hydrogen) atoms. The number of halogens is 1. The van der Waals surface area contributed by atoms with Crippen LogP contribution >= 0.6 is 0 Å². The summed E-state index contributed by atoms with van der Waals surface area (Å²) < 4.78 is 12.8. The highest BCUT2D eigenvalue weighted by molar-refractivity contribution is 6.05. The lowest BCUT2D eigenvalue weighted by molar-refractivity contribution is -0.116. The third-order valence-corrected chi connectivity index (χ3v) is 2.09. The summed E-state index contributed by atoms with van der Waals surface area (Å²) in [5.41, 5.74) is 1.35. The van der Waals surface area contributed by atoms with Gasteiger partial charge in [0.25, 0.3) is 5.91 Å². The first-order chi connectivity index (χ1) is 6.68. The van der Waals surface area contributed by atoms with Crippen molar-refractivity contribution in [3.63, 3.8) is 0 Å². The van der Waals surface area contributed by atoms with Gasteiger partial charge in [-0.3, -0.25) is 4.79 Å². The monoisotopic (exact) mass is 192 g/mol. The standard InChI is InChI=1S/C10H9FN2O/c1-7-6-8(11)2-3-9(7)13-10(14)4-5-12-13/h2-3,5-6H,4H2,1H3. The zero-order valence-corrected chi connectivity index (χ0v) is 7.70. The van der Waals surface area contributed by atoms with Crippen LogP contribution in [0.3, 0.4) is 0 Å². The van der Waals surface area contributed by atoms with E-state index in [0.29, 0.717) is 17.7 Å². The van der Waals surface area contributed by atoms with Crippen molar-refractivity contribution in [1.29, 1.82) is 0 Å². The normalized spacial score (nSPS) is 15.3. The van der Waals surface area contributed by atoms with Crippen molar-refractivity contribution in [2.24, 2.45) is 5.10 Å². The highest BCUT2D eigenvalue weighted by Crippen LogP contribution is 2.23. The minimum atomic E-state index is -0.304. The number of carbonyl (C=O) groups excluding carboxylic acids is 1. The Morgan fingerprint density at radius 1 is 1.50 bits per heavy atom. The second kappa shape index (κ2) is 3.21. The second-order valence-electron chi connectivity index (χ2n) is 3.14. The summed E-state index contributed by atoms with van der Waals surface area (Å²) in [5, 5.41) is 5.21. The van der Waals surface area contributed by atoms with Crippen molar-refractivity contribution in [1.82, 2.24) is 0 Å². The number of hydrogen-bond donors (Lipinski definition) is 0. The van der Waals surface area contributed by atoms with Gasteiger partial charge in [-0.1, -0.05) is 0 Å². The first kappa shape index (κ1) is 8.87. The van der Waals surface area contributed by atoms with Gasteiger partial charge >= 0.3 is 0 Å². The minimum absolute atomic E-state index is 0.0836. The van der Waals surface area contributed by atoms with Crippen molar-refractivity contribution < 1.29 is 9.18 Å². The van der Waals surface area contributed by atoms with Gasteiger partial charge in [-0.05, 0) is 30.7 Å². The molecule has 0 fully saturated rings. The second-order valence-corrected chi connectivity index (χ2v) is 3.14. The quantitative estimate of drug-likeness (QED) is 0.668. The molecule has 1 aromatic rings. The Balaban J connectivity index is 2.41. The van der Waals surface area contributed by atoms with Gasteiger partial charge in [-0.25, -0.2) is 9.40 Å². The number of hydrogen-bond acceptors (Lipinski definition) is 2. The fourth-order valence-corrected chi connectivity index (χ4v) is 1.40. The first-order valence-corrected chi connectivity index (χ1v) is 4.30. The molecule has 72 valence electrons. The van der Waals surface area contributed by atoms with Crippen molar-refractivity contribution in [2.45, 2.75) is 13.3 Å². The number of hydrazone groups is 1. The Morgan fingerprint density at radius 2 is 2.29 bits per heavy atom. The average Bonchev–Trinajstić information content (AvgIpc) is 2.52. The molecule has 0 N–H and O–H groups in total. The van der Waals surface area contributed by atoms with E-state index in [4.69, 9.17) is 0 Å². The predicted molar refractivity (Wildman–Crippen MR) is 51.7 cm³/mol. The van der Waals surface area contributed by atoms with Crippen molar-refractivity contribution >= 4 is 17.8 Å². The molecule has 0 radical (unpaired) electrons. The number of carbonyl (C=O) groups is 1. The topological polar surface area (TPSA) is 32.7 Å². The highest BCUT2D eigenvalue weighted by atomic mass is 19.1. The molecular formula is C10H9FN2O. The number of amides is 1. The third kappa shape index (κ3) is 1.39. The van der Waals surface area contributed by atoms with Crippen LogP contribution in [0.2, 0.25) is 0 Å². The lowest BCUT2D eigenvalue weighted by Gasteiger charge is -2.14. The number of nitrogens with zero attached hydrogens (tertiary/aromatic N) is 2. The Morgan fingerprint density at radius 3 is 2.86 bits per heavy atom. The van der Waals surface area contributed by atoms with Gasteiger partial charge in [-0.15, -0.1) is 0 Å². The summed E-state index contributed by atoms with van der Waals surface area (Å²) in [7, 11) is 0. The summed E-state index contributed by atoms with van der Waals surface area (Å²) in [5.74, 6) is -0.387. The van der Waals surface area contributed by atoms with Crippen molar-refractivity contribution in [2.75, 3.05) is 5.01 Å². The zero-order chi connectivity index (χ0) is 10.1. The smallest absolute Gasteiger partial charge is 0.252 e. The molecule has 1 aromatic carbocycles. The predicted octanol–water partition coefficient (Wildman–Crippen LogP) is 1.86. The fraction of sp³-hybridized carbons (Fsp3) is 0.200. The molecule has 1 heterocycles. The molecular weight excluding hydrogens is 183 g/mol. The van der Waals surface area contributed by atoms with E-state index in [1.165, 1.54) is 17.1 Å². The molecule has 0 saturated carbocycles. The molecule has 0 aromatic heterocycles. The van der Waals surface area contributed by atoms with Crippen LogP contribution < -0.4 is 5.01 Å². The van der Waals surface area contributed by atoms with E-state index in [1.807, 2.05) is 0 Å². The fourth-order valence-electron chi connectivity index (χ4n) is 1.40. The first-order valence-electron chi connectivity index (χ1n) is 4.30. The van der Waals surface area contributed by atoms with Crippen LogP contribution in [0.1, 0.15) is 12.0 Å². The van der Waals surface area contributed by atoms with Crippen molar-refractivity contribution in [3.8, 4) is 0 Å². The molecule has 1 aliphatic heterocycles. The van der Waals surface area contributed by atoms with Crippen LogP contribution in [-0.2, 0) is 4.79 Å². The maximum atomic E-state index is 12.8. The molecule has 4 heteroatoms. The molecule has 2 rings (SSSR count). The Bertz CT molecular complexity index is 415. The van der Waals surface area contributed by atoms with Crippen LogP contribution in [0.25, 0.3) is 0 Å². The molecule has 0 bridgehead atoms. The summed E-state index contributed by atoms with van der Waals surface area (Å²) in [4.78, 5) is 11.3. The SMILES string of the molecule is Cc1cc(F)ccc1N1N=CCC1=O. The molecule has 0 saturated heterocycles. The van der Waals surface area contributed by atoms with E-state index < -0.39 is 0 Å².